The minimum Gasteiger partial charge on any atom is -0.325 e. The summed E-state index contributed by atoms with van der Waals surface area (Å²) >= 11 is 0. The number of urea groups is 1. The smallest absolute Gasteiger partial charge is 0.325 e. The number of hydrogen-bond donors (Lipinski definition) is 2. The third-order valence-corrected chi connectivity index (χ3v) is 3.59. The lowest BCUT2D eigenvalue weighted by Crippen LogP contribution is -2.45. The van der Waals surface area contributed by atoms with Crippen molar-refractivity contribution in [2.75, 3.05) is 0 Å². The van der Waals surface area contributed by atoms with Gasteiger partial charge in [-0.1, -0.05) is 30.3 Å². The van der Waals surface area contributed by atoms with Gasteiger partial charge in [0.1, 0.15) is 12.1 Å². The lowest BCUT2D eigenvalue weighted by atomic mass is 10.1. The van der Waals surface area contributed by atoms with Gasteiger partial charge in [0.15, 0.2) is 0 Å². The first kappa shape index (κ1) is 13.3. The highest BCUT2D eigenvalue weighted by Gasteiger charge is 2.47. The Kier molecular flexibility index (Phi) is 3.17. The van der Waals surface area contributed by atoms with Crippen molar-refractivity contribution in [2.45, 2.75) is 24.9 Å². The molecule has 0 spiro atoms. The average Bonchev–Trinajstić information content (AvgIpc) is 2.91. The zero-order chi connectivity index (χ0) is 15.0. The summed E-state index contributed by atoms with van der Waals surface area (Å²) in [5.41, 5.74) is 0.907. The molecule has 108 valence electrons. The highest BCUT2D eigenvalue weighted by atomic mass is 16.2. The lowest BCUT2D eigenvalue weighted by molar-refractivity contribution is -0.134. The van der Waals surface area contributed by atoms with E-state index in [0.717, 1.165) is 10.5 Å². The number of benzene rings is 1. The van der Waals surface area contributed by atoms with E-state index in [1.807, 2.05) is 30.3 Å². The highest BCUT2D eigenvalue weighted by molar-refractivity contribution is 6.13. The van der Waals surface area contributed by atoms with E-state index in [-0.39, 0.29) is 6.42 Å². The van der Waals surface area contributed by atoms with Crippen molar-refractivity contribution in [1.29, 1.82) is 0 Å². The maximum atomic E-state index is 12.3. The van der Waals surface area contributed by atoms with Crippen molar-refractivity contribution < 1.29 is 19.2 Å². The van der Waals surface area contributed by atoms with Crippen LogP contribution in [0.3, 0.4) is 0 Å². The normalized spacial score (nSPS) is 25.2. The molecule has 1 aromatic rings. The summed E-state index contributed by atoms with van der Waals surface area (Å²) < 4.78 is 0. The maximum absolute atomic E-state index is 12.3. The molecule has 2 aliphatic heterocycles. The molecule has 7 heteroatoms. The average molecular weight is 287 g/mol. The molecule has 0 saturated carbocycles. The molecule has 0 aliphatic carbocycles. The van der Waals surface area contributed by atoms with Crippen molar-refractivity contribution >= 4 is 23.8 Å². The number of nitrogens with zero attached hydrogens (tertiary/aromatic N) is 1. The van der Waals surface area contributed by atoms with Crippen LogP contribution < -0.4 is 10.6 Å². The summed E-state index contributed by atoms with van der Waals surface area (Å²) in [6.45, 7) is 0. The van der Waals surface area contributed by atoms with E-state index in [2.05, 4.69) is 10.6 Å². The first-order valence-electron chi connectivity index (χ1n) is 6.57. The van der Waals surface area contributed by atoms with E-state index >= 15 is 0 Å². The molecule has 2 fully saturated rings. The fraction of sp³-hybridized carbons (Fsp3) is 0.286. The quantitative estimate of drug-likeness (QED) is 0.582. The summed E-state index contributed by atoms with van der Waals surface area (Å²) in [5.74, 6) is -1.56. The summed E-state index contributed by atoms with van der Waals surface area (Å²) in [5, 5.41) is 4.66. The van der Waals surface area contributed by atoms with Crippen LogP contribution in [-0.4, -0.2) is 40.7 Å². The Morgan fingerprint density at radius 2 is 1.81 bits per heavy atom. The first-order chi connectivity index (χ1) is 10.1. The van der Waals surface area contributed by atoms with Gasteiger partial charge in [-0.15, -0.1) is 0 Å². The molecule has 0 radical (unpaired) electrons. The minimum absolute atomic E-state index is 0.171. The molecular formula is C14H13N3O4. The van der Waals surface area contributed by atoms with Crippen molar-refractivity contribution in [3.8, 4) is 0 Å². The molecule has 7 nitrogen and oxygen atoms in total. The van der Waals surface area contributed by atoms with Gasteiger partial charge in [0.25, 0.3) is 5.91 Å². The van der Waals surface area contributed by atoms with Crippen LogP contribution in [0.15, 0.2) is 30.3 Å². The highest BCUT2D eigenvalue weighted by Crippen LogP contribution is 2.19. The molecule has 2 heterocycles. The van der Waals surface area contributed by atoms with E-state index in [0.29, 0.717) is 6.42 Å². The predicted molar refractivity (Wildman–Crippen MR) is 70.9 cm³/mol. The van der Waals surface area contributed by atoms with Crippen molar-refractivity contribution in [1.82, 2.24) is 15.5 Å². The zero-order valence-corrected chi connectivity index (χ0v) is 11.0. The van der Waals surface area contributed by atoms with Gasteiger partial charge in [-0.25, -0.2) is 9.69 Å². The second kappa shape index (κ2) is 5.01. The number of carbonyl (C=O) groups is 4. The molecule has 2 atom stereocenters. The Morgan fingerprint density at radius 1 is 1.10 bits per heavy atom. The molecule has 2 saturated heterocycles. The summed E-state index contributed by atoms with van der Waals surface area (Å²) in [6, 6.07) is 6.89. The van der Waals surface area contributed by atoms with Gasteiger partial charge in [0.05, 0.1) is 6.42 Å². The van der Waals surface area contributed by atoms with Crippen LogP contribution in [0.4, 0.5) is 4.79 Å². The van der Waals surface area contributed by atoms with Gasteiger partial charge < -0.3 is 5.32 Å². The number of carbonyl (C=O) groups excluding carboxylic acids is 4. The number of amides is 5. The van der Waals surface area contributed by atoms with Crippen molar-refractivity contribution in [2.24, 2.45) is 0 Å². The summed E-state index contributed by atoms with van der Waals surface area (Å²) in [7, 11) is 0. The summed E-state index contributed by atoms with van der Waals surface area (Å²) in [6.07, 6.45) is 0.181. The summed E-state index contributed by atoms with van der Waals surface area (Å²) in [4.78, 5) is 47.9. The van der Waals surface area contributed by atoms with Crippen LogP contribution in [0.25, 0.3) is 0 Å². The monoisotopic (exact) mass is 287 g/mol. The number of rotatable bonds is 3. The van der Waals surface area contributed by atoms with Crippen LogP contribution in [0.5, 0.6) is 0 Å². The Balaban J connectivity index is 1.76. The van der Waals surface area contributed by atoms with Crippen LogP contribution in [0.2, 0.25) is 0 Å². The Morgan fingerprint density at radius 3 is 2.43 bits per heavy atom. The minimum atomic E-state index is -1.04. The van der Waals surface area contributed by atoms with E-state index in [1.165, 1.54) is 0 Å². The van der Waals surface area contributed by atoms with Gasteiger partial charge in [-0.3, -0.25) is 19.7 Å². The van der Waals surface area contributed by atoms with Gasteiger partial charge >= 0.3 is 6.03 Å². The van der Waals surface area contributed by atoms with E-state index in [4.69, 9.17) is 0 Å². The number of hydrogen-bond acceptors (Lipinski definition) is 4. The van der Waals surface area contributed by atoms with Crippen molar-refractivity contribution in [3.05, 3.63) is 35.9 Å². The zero-order valence-electron chi connectivity index (χ0n) is 11.0. The number of imide groups is 2. The van der Waals surface area contributed by atoms with Gasteiger partial charge in [0.2, 0.25) is 11.8 Å². The maximum Gasteiger partial charge on any atom is 0.325 e. The second-order valence-electron chi connectivity index (χ2n) is 5.03. The van der Waals surface area contributed by atoms with Crippen LogP contribution in [-0.2, 0) is 20.8 Å². The van der Waals surface area contributed by atoms with Crippen LogP contribution in [0.1, 0.15) is 12.0 Å². The standard InChI is InChI=1S/C14H13N3O4/c18-11-7-10(12(19)16-11)17-13(20)9(15-14(17)21)6-8-4-2-1-3-5-8/h1-5,9-10H,6-7H2,(H,15,21)(H,16,18,19)/t9-,10+/m0/s1. The van der Waals surface area contributed by atoms with Crippen molar-refractivity contribution in [3.63, 3.8) is 0 Å². The fourth-order valence-electron chi connectivity index (χ4n) is 2.58. The Bertz CT molecular complexity index is 628. The molecule has 1 aromatic carbocycles. The first-order valence-corrected chi connectivity index (χ1v) is 6.57. The Hall–Kier alpha value is -2.70. The molecule has 0 unspecified atom stereocenters. The predicted octanol–water partition coefficient (Wildman–Crippen LogP) is -0.435. The third kappa shape index (κ3) is 2.37. The van der Waals surface area contributed by atoms with Gasteiger partial charge in [-0.2, -0.15) is 0 Å². The SMILES string of the molecule is O=C1C[C@@H](N2C(=O)N[C@@H](Cc3ccccc3)C2=O)C(=O)N1. The van der Waals surface area contributed by atoms with Gasteiger partial charge in [0, 0.05) is 6.42 Å². The van der Waals surface area contributed by atoms with E-state index < -0.39 is 35.8 Å². The molecule has 0 bridgehead atoms. The molecule has 0 aromatic heterocycles. The van der Waals surface area contributed by atoms with Gasteiger partial charge in [-0.05, 0) is 5.56 Å². The lowest BCUT2D eigenvalue weighted by Gasteiger charge is -2.17. The topological polar surface area (TPSA) is 95.6 Å². The molecule has 3 rings (SSSR count). The molecule has 2 N–H and O–H groups in total. The molecular weight excluding hydrogens is 274 g/mol. The largest absolute Gasteiger partial charge is 0.325 e. The Labute approximate surface area is 120 Å². The van der Waals surface area contributed by atoms with Crippen LogP contribution >= 0.6 is 0 Å². The van der Waals surface area contributed by atoms with E-state index in [1.54, 1.807) is 0 Å². The second-order valence-corrected chi connectivity index (χ2v) is 5.03. The molecule has 2 aliphatic rings. The third-order valence-electron chi connectivity index (χ3n) is 3.59. The molecule has 21 heavy (non-hydrogen) atoms. The van der Waals surface area contributed by atoms with E-state index in [9.17, 15) is 19.2 Å². The van der Waals surface area contributed by atoms with Crippen LogP contribution in [0, 0.1) is 0 Å². The molecule has 5 amide bonds. The fourth-order valence-corrected chi connectivity index (χ4v) is 2.58. The number of nitrogens with one attached hydrogen (secondary N) is 2.